The Bertz CT molecular complexity index is 732. The van der Waals surface area contributed by atoms with Gasteiger partial charge in [0, 0.05) is 5.39 Å². The fourth-order valence-corrected chi connectivity index (χ4v) is 2.51. The van der Waals surface area contributed by atoms with E-state index in [9.17, 15) is 9.59 Å². The smallest absolute Gasteiger partial charge is 0.305 e. The van der Waals surface area contributed by atoms with Gasteiger partial charge < -0.3 is 14.8 Å². The number of amides is 1. The number of carboxylic acid groups (broad SMARTS) is 1. The van der Waals surface area contributed by atoms with Crippen LogP contribution in [0.15, 0.2) is 28.9 Å². The number of hydrogen-bond acceptors (Lipinski definition) is 3. The topological polar surface area (TPSA) is 79.5 Å². The maximum Gasteiger partial charge on any atom is 0.305 e. The fraction of sp³-hybridized carbons (Fsp3) is 0.444. The molecule has 0 saturated carbocycles. The highest BCUT2D eigenvalue weighted by molar-refractivity contribution is 6.06. The number of fused-ring (bicyclic) bond motifs is 1. The van der Waals surface area contributed by atoms with Gasteiger partial charge in [-0.25, -0.2) is 0 Å². The van der Waals surface area contributed by atoms with E-state index in [1.807, 2.05) is 39.0 Å². The highest BCUT2D eigenvalue weighted by Crippen LogP contribution is 2.26. The van der Waals surface area contributed by atoms with Gasteiger partial charge in [-0.3, -0.25) is 9.59 Å². The number of furan rings is 1. The number of aliphatic carboxylic acids is 1. The molecule has 0 fully saturated rings. The lowest BCUT2D eigenvalue weighted by molar-refractivity contribution is -0.138. The first-order valence-corrected chi connectivity index (χ1v) is 7.81. The summed E-state index contributed by atoms with van der Waals surface area (Å²) in [6.45, 7) is 7.59. The number of carboxylic acids is 1. The summed E-state index contributed by atoms with van der Waals surface area (Å²) >= 11 is 0. The normalized spacial score (nSPS) is 14.0. The van der Waals surface area contributed by atoms with E-state index in [1.54, 1.807) is 6.92 Å². The number of carbonyl (C=O) groups excluding carboxylic acids is 1. The van der Waals surface area contributed by atoms with Crippen molar-refractivity contribution in [2.75, 3.05) is 0 Å². The number of rotatable bonds is 6. The summed E-state index contributed by atoms with van der Waals surface area (Å²) in [4.78, 5) is 23.8. The highest BCUT2D eigenvalue weighted by atomic mass is 16.4. The Morgan fingerprint density at radius 3 is 2.61 bits per heavy atom. The van der Waals surface area contributed by atoms with Crippen LogP contribution in [0.4, 0.5) is 0 Å². The molecule has 1 amide bonds. The Balaban J connectivity index is 2.34. The van der Waals surface area contributed by atoms with Gasteiger partial charge in [-0.2, -0.15) is 0 Å². The zero-order chi connectivity index (χ0) is 17.2. The lowest BCUT2D eigenvalue weighted by Gasteiger charge is -2.33. The van der Waals surface area contributed by atoms with E-state index in [0.29, 0.717) is 11.1 Å². The maximum absolute atomic E-state index is 12.7. The van der Waals surface area contributed by atoms with Crippen LogP contribution in [0, 0.1) is 5.92 Å². The van der Waals surface area contributed by atoms with E-state index < -0.39 is 11.5 Å². The second-order valence-corrected chi connectivity index (χ2v) is 6.43. The highest BCUT2D eigenvalue weighted by Gasteiger charge is 2.33. The van der Waals surface area contributed by atoms with Crippen LogP contribution in [-0.2, 0) is 11.2 Å². The molecule has 0 saturated heterocycles. The van der Waals surface area contributed by atoms with Crippen molar-refractivity contribution >= 4 is 22.8 Å². The molecule has 1 unspecified atom stereocenters. The zero-order valence-corrected chi connectivity index (χ0v) is 14.0. The summed E-state index contributed by atoms with van der Waals surface area (Å²) in [5.41, 5.74) is 1.38. The Kier molecular flexibility index (Phi) is 4.78. The van der Waals surface area contributed by atoms with E-state index in [-0.39, 0.29) is 18.2 Å². The van der Waals surface area contributed by atoms with Crippen LogP contribution < -0.4 is 5.32 Å². The van der Waals surface area contributed by atoms with Gasteiger partial charge >= 0.3 is 5.97 Å². The fourth-order valence-electron chi connectivity index (χ4n) is 2.51. The van der Waals surface area contributed by atoms with Crippen molar-refractivity contribution in [3.63, 3.8) is 0 Å². The Morgan fingerprint density at radius 2 is 2.04 bits per heavy atom. The molecule has 124 valence electrons. The van der Waals surface area contributed by atoms with Crippen molar-refractivity contribution in [3.8, 4) is 0 Å². The molecule has 0 aliphatic rings. The first kappa shape index (κ1) is 17.1. The molecule has 2 rings (SSSR count). The van der Waals surface area contributed by atoms with Crippen LogP contribution in [0.2, 0.25) is 0 Å². The third kappa shape index (κ3) is 3.55. The van der Waals surface area contributed by atoms with E-state index in [2.05, 4.69) is 5.32 Å². The van der Waals surface area contributed by atoms with E-state index in [0.717, 1.165) is 17.4 Å². The minimum atomic E-state index is -0.938. The molecule has 5 nitrogen and oxygen atoms in total. The Morgan fingerprint density at radius 1 is 1.35 bits per heavy atom. The SMILES string of the molecule is CCc1ccc2occ(C(=O)NC(C)(CC(=O)O)C(C)C)c2c1. The van der Waals surface area contributed by atoms with Crippen LogP contribution in [0.1, 0.15) is 50.0 Å². The predicted octanol–water partition coefficient (Wildman–Crippen LogP) is 3.61. The van der Waals surface area contributed by atoms with Crippen LogP contribution >= 0.6 is 0 Å². The van der Waals surface area contributed by atoms with E-state index in [1.165, 1.54) is 6.26 Å². The average molecular weight is 317 g/mol. The lowest BCUT2D eigenvalue weighted by Crippen LogP contribution is -2.51. The second kappa shape index (κ2) is 6.44. The molecule has 5 heteroatoms. The number of aryl methyl sites for hydroxylation is 1. The number of nitrogens with one attached hydrogen (secondary N) is 1. The van der Waals surface area contributed by atoms with Crippen molar-refractivity contribution in [1.82, 2.24) is 5.32 Å². The van der Waals surface area contributed by atoms with Crippen molar-refractivity contribution in [2.24, 2.45) is 5.92 Å². The van der Waals surface area contributed by atoms with Gasteiger partial charge in [-0.1, -0.05) is 26.8 Å². The molecule has 23 heavy (non-hydrogen) atoms. The van der Waals surface area contributed by atoms with Gasteiger partial charge in [-0.15, -0.1) is 0 Å². The van der Waals surface area contributed by atoms with Gasteiger partial charge in [0.15, 0.2) is 0 Å². The van der Waals surface area contributed by atoms with Crippen LogP contribution in [0.3, 0.4) is 0 Å². The summed E-state index contributed by atoms with van der Waals surface area (Å²) in [6, 6.07) is 5.76. The molecule has 0 radical (unpaired) electrons. The molecule has 0 bridgehead atoms. The molecule has 1 heterocycles. The number of benzene rings is 1. The largest absolute Gasteiger partial charge is 0.481 e. The molecule has 1 aromatic heterocycles. The van der Waals surface area contributed by atoms with E-state index >= 15 is 0 Å². The Labute approximate surface area is 135 Å². The van der Waals surface area contributed by atoms with Gasteiger partial charge in [0.05, 0.1) is 17.5 Å². The standard InChI is InChI=1S/C18H23NO4/c1-5-12-6-7-15-13(8-12)14(10-23-15)17(22)19-18(4,11(2)3)9-16(20)21/h6-8,10-11H,5,9H2,1-4H3,(H,19,22)(H,20,21). The predicted molar refractivity (Wildman–Crippen MR) is 88.6 cm³/mol. The summed E-state index contributed by atoms with van der Waals surface area (Å²) in [5, 5.41) is 12.7. The van der Waals surface area contributed by atoms with Crippen molar-refractivity contribution in [1.29, 1.82) is 0 Å². The van der Waals surface area contributed by atoms with Crippen LogP contribution in [0.25, 0.3) is 11.0 Å². The molecule has 0 aliphatic heterocycles. The maximum atomic E-state index is 12.7. The second-order valence-electron chi connectivity index (χ2n) is 6.43. The quantitative estimate of drug-likeness (QED) is 0.853. The molecule has 1 atom stereocenters. The van der Waals surface area contributed by atoms with Crippen LogP contribution in [0.5, 0.6) is 0 Å². The van der Waals surface area contributed by atoms with E-state index in [4.69, 9.17) is 9.52 Å². The number of carbonyl (C=O) groups is 2. The third-order valence-electron chi connectivity index (χ3n) is 4.48. The first-order chi connectivity index (χ1) is 10.8. The molecule has 2 N–H and O–H groups in total. The van der Waals surface area contributed by atoms with Gasteiger partial charge in [0.1, 0.15) is 11.8 Å². The minimum absolute atomic E-state index is 0.0214. The van der Waals surface area contributed by atoms with Gasteiger partial charge in [-0.05, 0) is 37.0 Å². The summed E-state index contributed by atoms with van der Waals surface area (Å²) in [6.07, 6.45) is 2.16. The molecular weight excluding hydrogens is 294 g/mol. The monoisotopic (exact) mass is 317 g/mol. The van der Waals surface area contributed by atoms with Crippen molar-refractivity contribution in [2.45, 2.75) is 46.1 Å². The van der Waals surface area contributed by atoms with Crippen molar-refractivity contribution in [3.05, 3.63) is 35.6 Å². The molecule has 0 spiro atoms. The van der Waals surface area contributed by atoms with Gasteiger partial charge in [0.25, 0.3) is 5.91 Å². The zero-order valence-electron chi connectivity index (χ0n) is 14.0. The average Bonchev–Trinajstić information content (AvgIpc) is 2.88. The third-order valence-corrected chi connectivity index (χ3v) is 4.48. The minimum Gasteiger partial charge on any atom is -0.481 e. The summed E-state index contributed by atoms with van der Waals surface area (Å²) < 4.78 is 5.45. The van der Waals surface area contributed by atoms with Gasteiger partial charge in [0.2, 0.25) is 0 Å². The Hall–Kier alpha value is -2.30. The molecule has 1 aromatic carbocycles. The molecular formula is C18H23NO4. The van der Waals surface area contributed by atoms with Crippen LogP contribution in [-0.4, -0.2) is 22.5 Å². The molecule has 2 aromatic rings. The van der Waals surface area contributed by atoms with Crippen molar-refractivity contribution < 1.29 is 19.1 Å². The summed E-state index contributed by atoms with van der Waals surface area (Å²) in [5.74, 6) is -1.27. The molecule has 0 aliphatic carbocycles. The number of hydrogen-bond donors (Lipinski definition) is 2. The first-order valence-electron chi connectivity index (χ1n) is 7.81. The lowest BCUT2D eigenvalue weighted by atomic mass is 9.85. The summed E-state index contributed by atoms with van der Waals surface area (Å²) in [7, 11) is 0.